The van der Waals surface area contributed by atoms with Gasteiger partial charge in [0, 0.05) is 25.5 Å². The monoisotopic (exact) mass is 335 g/mol. The highest BCUT2D eigenvalue weighted by atomic mass is 32.1. The van der Waals surface area contributed by atoms with Crippen LogP contribution in [-0.4, -0.2) is 46.3 Å². The summed E-state index contributed by atoms with van der Waals surface area (Å²) in [5, 5.41) is 5.39. The van der Waals surface area contributed by atoms with E-state index < -0.39 is 0 Å². The van der Waals surface area contributed by atoms with Gasteiger partial charge in [-0.1, -0.05) is 0 Å². The van der Waals surface area contributed by atoms with Gasteiger partial charge in [0.15, 0.2) is 0 Å². The molecule has 3 heterocycles. The quantitative estimate of drug-likeness (QED) is 0.808. The van der Waals surface area contributed by atoms with Crippen molar-refractivity contribution in [3.05, 3.63) is 16.6 Å². The molecule has 23 heavy (non-hydrogen) atoms. The Balaban J connectivity index is 1.78. The van der Waals surface area contributed by atoms with Crippen LogP contribution in [0.25, 0.3) is 10.2 Å². The average Bonchev–Trinajstić information content (AvgIpc) is 3.09. The molecule has 1 fully saturated rings. The number of carbonyl (C=O) groups is 2. The van der Waals surface area contributed by atoms with Crippen molar-refractivity contribution in [2.75, 3.05) is 19.7 Å². The number of aromatic nitrogens is 2. The number of esters is 1. The van der Waals surface area contributed by atoms with Crippen molar-refractivity contribution in [2.45, 2.75) is 26.7 Å². The molecule has 2 aromatic rings. The van der Waals surface area contributed by atoms with Crippen molar-refractivity contribution in [3.8, 4) is 0 Å². The van der Waals surface area contributed by atoms with Gasteiger partial charge >= 0.3 is 5.97 Å². The van der Waals surface area contributed by atoms with E-state index in [9.17, 15) is 9.59 Å². The van der Waals surface area contributed by atoms with Gasteiger partial charge in [0.25, 0.3) is 5.91 Å². The smallest absolute Gasteiger partial charge is 0.310 e. The van der Waals surface area contributed by atoms with Crippen LogP contribution in [0, 0.1) is 12.8 Å². The highest BCUT2D eigenvalue weighted by Crippen LogP contribution is 2.29. The first kappa shape index (κ1) is 16.0. The molecule has 3 rings (SSSR count). The van der Waals surface area contributed by atoms with Crippen molar-refractivity contribution in [2.24, 2.45) is 13.0 Å². The lowest BCUT2D eigenvalue weighted by molar-refractivity contribution is -0.149. The van der Waals surface area contributed by atoms with Crippen LogP contribution >= 0.6 is 11.3 Å². The zero-order valence-electron chi connectivity index (χ0n) is 13.7. The second-order valence-corrected chi connectivity index (χ2v) is 6.91. The molecule has 1 aliphatic heterocycles. The van der Waals surface area contributed by atoms with Gasteiger partial charge in [0.1, 0.15) is 4.83 Å². The van der Waals surface area contributed by atoms with Gasteiger partial charge in [0.05, 0.1) is 23.1 Å². The van der Waals surface area contributed by atoms with E-state index >= 15 is 0 Å². The summed E-state index contributed by atoms with van der Waals surface area (Å²) >= 11 is 1.46. The minimum atomic E-state index is -0.203. The first-order valence-corrected chi connectivity index (χ1v) is 8.72. The van der Waals surface area contributed by atoms with Crippen LogP contribution in [0.1, 0.15) is 35.1 Å². The third-order valence-corrected chi connectivity index (χ3v) is 5.43. The number of rotatable bonds is 3. The Morgan fingerprint density at radius 1 is 1.48 bits per heavy atom. The first-order valence-electron chi connectivity index (χ1n) is 7.90. The average molecular weight is 335 g/mol. The van der Waals surface area contributed by atoms with Crippen LogP contribution < -0.4 is 0 Å². The lowest BCUT2D eigenvalue weighted by Gasteiger charge is -2.31. The maximum Gasteiger partial charge on any atom is 0.310 e. The highest BCUT2D eigenvalue weighted by Gasteiger charge is 2.30. The predicted molar refractivity (Wildman–Crippen MR) is 88.6 cm³/mol. The fraction of sp³-hybridized carbons (Fsp3) is 0.562. The second-order valence-electron chi connectivity index (χ2n) is 5.88. The number of fused-ring (bicyclic) bond motifs is 1. The molecule has 0 aromatic carbocycles. The summed E-state index contributed by atoms with van der Waals surface area (Å²) < 4.78 is 6.91. The number of hydrogen-bond acceptors (Lipinski definition) is 5. The fourth-order valence-corrected chi connectivity index (χ4v) is 4.17. The number of ether oxygens (including phenoxy) is 1. The van der Waals surface area contributed by atoms with E-state index in [1.54, 1.807) is 11.8 Å². The van der Waals surface area contributed by atoms with Gasteiger partial charge in [0.2, 0.25) is 0 Å². The summed E-state index contributed by atoms with van der Waals surface area (Å²) in [6, 6.07) is 1.92. The summed E-state index contributed by atoms with van der Waals surface area (Å²) in [6.07, 6.45) is 1.62. The Labute approximate surface area is 139 Å². The number of hydrogen-bond donors (Lipinski definition) is 0. The normalized spacial score (nSPS) is 18.4. The van der Waals surface area contributed by atoms with Gasteiger partial charge in [-0.3, -0.25) is 14.3 Å². The van der Waals surface area contributed by atoms with Crippen LogP contribution in [0.2, 0.25) is 0 Å². The number of thiophene rings is 1. The molecule has 0 aliphatic carbocycles. The Bertz CT molecular complexity index is 715. The molecule has 0 spiro atoms. The third kappa shape index (κ3) is 2.97. The molecular weight excluding hydrogens is 314 g/mol. The Hall–Kier alpha value is -1.89. The van der Waals surface area contributed by atoms with Gasteiger partial charge in [-0.2, -0.15) is 5.10 Å². The van der Waals surface area contributed by atoms with E-state index in [4.69, 9.17) is 4.74 Å². The molecule has 0 saturated carbocycles. The standard InChI is InChI=1S/C16H21N3O3S/c1-4-22-16(21)11-6-5-7-19(9-11)14(20)13-8-12-10(2)17-18(3)15(12)23-13/h8,11H,4-7,9H2,1-3H3. The molecule has 7 heteroatoms. The summed E-state index contributed by atoms with van der Waals surface area (Å²) in [4.78, 5) is 28.2. The van der Waals surface area contributed by atoms with E-state index in [-0.39, 0.29) is 17.8 Å². The molecule has 1 aliphatic rings. The first-order chi connectivity index (χ1) is 11.0. The van der Waals surface area contributed by atoms with E-state index in [0.717, 1.165) is 28.8 Å². The topological polar surface area (TPSA) is 64.4 Å². The molecular formula is C16H21N3O3S. The van der Waals surface area contributed by atoms with E-state index in [2.05, 4.69) is 5.10 Å². The van der Waals surface area contributed by atoms with Crippen molar-refractivity contribution in [1.29, 1.82) is 0 Å². The molecule has 0 bridgehead atoms. The number of amides is 1. The van der Waals surface area contributed by atoms with Crippen LogP contribution in [0.15, 0.2) is 6.07 Å². The van der Waals surface area contributed by atoms with E-state index in [0.29, 0.717) is 24.6 Å². The van der Waals surface area contributed by atoms with E-state index in [1.807, 2.05) is 24.7 Å². The molecule has 124 valence electrons. The van der Waals surface area contributed by atoms with Gasteiger partial charge < -0.3 is 9.64 Å². The lowest BCUT2D eigenvalue weighted by Crippen LogP contribution is -2.42. The second kappa shape index (κ2) is 6.31. The van der Waals surface area contributed by atoms with Crippen LogP contribution in [0.5, 0.6) is 0 Å². The minimum Gasteiger partial charge on any atom is -0.466 e. The largest absolute Gasteiger partial charge is 0.466 e. The molecule has 1 atom stereocenters. The summed E-state index contributed by atoms with van der Waals surface area (Å²) in [7, 11) is 1.89. The molecule has 6 nitrogen and oxygen atoms in total. The SMILES string of the molecule is CCOC(=O)C1CCCN(C(=O)c2cc3c(C)nn(C)c3s2)C1. The fourth-order valence-electron chi connectivity index (χ4n) is 3.08. The zero-order valence-corrected chi connectivity index (χ0v) is 14.5. The number of nitrogens with zero attached hydrogens (tertiary/aromatic N) is 3. The van der Waals surface area contributed by atoms with Crippen LogP contribution in [0.4, 0.5) is 0 Å². The molecule has 2 aromatic heterocycles. The summed E-state index contributed by atoms with van der Waals surface area (Å²) in [5.74, 6) is -0.397. The molecule has 0 N–H and O–H groups in total. The molecule has 1 saturated heterocycles. The third-order valence-electron chi connectivity index (χ3n) is 4.24. The maximum absolute atomic E-state index is 12.8. The maximum atomic E-state index is 12.8. The Morgan fingerprint density at radius 3 is 2.96 bits per heavy atom. The van der Waals surface area contributed by atoms with Gasteiger partial charge in [-0.05, 0) is 32.8 Å². The summed E-state index contributed by atoms with van der Waals surface area (Å²) in [6.45, 7) is 5.27. The van der Waals surface area contributed by atoms with Gasteiger partial charge in [-0.25, -0.2) is 0 Å². The zero-order chi connectivity index (χ0) is 16.6. The Morgan fingerprint density at radius 2 is 2.26 bits per heavy atom. The Kier molecular flexibility index (Phi) is 4.39. The number of piperidine rings is 1. The molecule has 0 radical (unpaired) electrons. The predicted octanol–water partition coefficient (Wildman–Crippen LogP) is 2.36. The highest BCUT2D eigenvalue weighted by molar-refractivity contribution is 7.20. The molecule has 1 unspecified atom stereocenters. The lowest BCUT2D eigenvalue weighted by atomic mass is 9.98. The minimum absolute atomic E-state index is 0.000372. The summed E-state index contributed by atoms with van der Waals surface area (Å²) in [5.41, 5.74) is 0.931. The van der Waals surface area contributed by atoms with Crippen LogP contribution in [0.3, 0.4) is 0 Å². The van der Waals surface area contributed by atoms with E-state index in [1.165, 1.54) is 11.3 Å². The number of likely N-dealkylation sites (tertiary alicyclic amines) is 1. The van der Waals surface area contributed by atoms with Crippen molar-refractivity contribution in [3.63, 3.8) is 0 Å². The molecule has 1 amide bonds. The number of aryl methyl sites for hydroxylation is 2. The van der Waals surface area contributed by atoms with Crippen molar-refractivity contribution in [1.82, 2.24) is 14.7 Å². The van der Waals surface area contributed by atoms with Crippen molar-refractivity contribution >= 4 is 33.4 Å². The van der Waals surface area contributed by atoms with Gasteiger partial charge in [-0.15, -0.1) is 11.3 Å². The van der Waals surface area contributed by atoms with Crippen LogP contribution in [-0.2, 0) is 16.6 Å². The number of carbonyl (C=O) groups excluding carboxylic acids is 2. The van der Waals surface area contributed by atoms with Crippen molar-refractivity contribution < 1.29 is 14.3 Å².